The minimum Gasteiger partial charge on any atom is -0.329 e. The molecule has 3 rings (SSSR count). The van der Waals surface area contributed by atoms with E-state index in [4.69, 9.17) is 5.73 Å². The lowest BCUT2D eigenvalue weighted by atomic mass is 9.90. The maximum Gasteiger partial charge on any atom is 0.0247 e. The van der Waals surface area contributed by atoms with Gasteiger partial charge in [0.15, 0.2) is 0 Å². The Kier molecular flexibility index (Phi) is 3.90. The van der Waals surface area contributed by atoms with E-state index in [0.29, 0.717) is 6.04 Å². The molecule has 104 valence electrons. The summed E-state index contributed by atoms with van der Waals surface area (Å²) in [4.78, 5) is 2.60. The van der Waals surface area contributed by atoms with E-state index in [1.54, 1.807) is 5.56 Å². The highest BCUT2D eigenvalue weighted by Crippen LogP contribution is 2.40. The molecule has 2 heteroatoms. The Morgan fingerprint density at radius 2 is 2.11 bits per heavy atom. The van der Waals surface area contributed by atoms with E-state index in [-0.39, 0.29) is 0 Å². The average molecular weight is 258 g/mol. The standard InChI is InChI=1S/C17H26N2/c1-13-4-3-9-19(17(13)11-18)12-14-5-2-6-16(10-14)15-7-8-15/h2,5-6,10,13,15,17H,3-4,7-9,11-12,18H2,1H3. The van der Waals surface area contributed by atoms with Crippen LogP contribution in [0.3, 0.4) is 0 Å². The zero-order valence-corrected chi connectivity index (χ0v) is 12.0. The van der Waals surface area contributed by atoms with Crippen molar-refractivity contribution < 1.29 is 0 Å². The van der Waals surface area contributed by atoms with Crippen LogP contribution < -0.4 is 5.73 Å². The van der Waals surface area contributed by atoms with Gasteiger partial charge in [0.25, 0.3) is 0 Å². The number of nitrogens with zero attached hydrogens (tertiary/aromatic N) is 1. The number of hydrogen-bond donors (Lipinski definition) is 1. The predicted octanol–water partition coefficient (Wildman–Crippen LogP) is 3.12. The molecule has 1 aliphatic carbocycles. The molecule has 19 heavy (non-hydrogen) atoms. The minimum absolute atomic E-state index is 0.568. The summed E-state index contributed by atoms with van der Waals surface area (Å²) in [7, 11) is 0. The van der Waals surface area contributed by atoms with Crippen molar-refractivity contribution in [2.24, 2.45) is 11.7 Å². The van der Waals surface area contributed by atoms with Gasteiger partial charge in [0, 0.05) is 19.1 Å². The van der Waals surface area contributed by atoms with Crippen molar-refractivity contribution in [2.45, 2.75) is 51.1 Å². The summed E-state index contributed by atoms with van der Waals surface area (Å²) in [6.07, 6.45) is 5.42. The van der Waals surface area contributed by atoms with Crippen molar-refractivity contribution in [1.82, 2.24) is 4.90 Å². The molecule has 0 bridgehead atoms. The van der Waals surface area contributed by atoms with Crippen LogP contribution in [0.15, 0.2) is 24.3 Å². The van der Waals surface area contributed by atoms with Gasteiger partial charge in [-0.15, -0.1) is 0 Å². The Morgan fingerprint density at radius 3 is 2.84 bits per heavy atom. The number of piperidine rings is 1. The van der Waals surface area contributed by atoms with Crippen molar-refractivity contribution in [3.63, 3.8) is 0 Å². The van der Waals surface area contributed by atoms with Gasteiger partial charge in [-0.3, -0.25) is 4.90 Å². The highest BCUT2D eigenvalue weighted by molar-refractivity contribution is 5.29. The van der Waals surface area contributed by atoms with Crippen LogP contribution in [0.5, 0.6) is 0 Å². The smallest absolute Gasteiger partial charge is 0.0247 e. The fraction of sp³-hybridized carbons (Fsp3) is 0.647. The summed E-state index contributed by atoms with van der Waals surface area (Å²) >= 11 is 0. The highest BCUT2D eigenvalue weighted by atomic mass is 15.2. The summed E-state index contributed by atoms with van der Waals surface area (Å²) in [5, 5.41) is 0. The first-order valence-electron chi connectivity index (χ1n) is 7.81. The number of rotatable bonds is 4. The molecule has 1 aromatic carbocycles. The highest BCUT2D eigenvalue weighted by Gasteiger charge is 2.28. The second-order valence-corrected chi connectivity index (χ2v) is 6.41. The molecule has 2 unspecified atom stereocenters. The maximum atomic E-state index is 5.98. The molecule has 2 atom stereocenters. The van der Waals surface area contributed by atoms with Gasteiger partial charge in [-0.25, -0.2) is 0 Å². The molecular weight excluding hydrogens is 232 g/mol. The van der Waals surface area contributed by atoms with E-state index in [1.165, 1.54) is 37.8 Å². The summed E-state index contributed by atoms with van der Waals surface area (Å²) < 4.78 is 0. The molecule has 2 N–H and O–H groups in total. The van der Waals surface area contributed by atoms with Crippen LogP contribution in [0, 0.1) is 5.92 Å². The molecule has 0 spiro atoms. The van der Waals surface area contributed by atoms with Gasteiger partial charge in [0.05, 0.1) is 0 Å². The van der Waals surface area contributed by atoms with Crippen LogP contribution in [0.2, 0.25) is 0 Å². The van der Waals surface area contributed by atoms with Gasteiger partial charge < -0.3 is 5.73 Å². The Hall–Kier alpha value is -0.860. The minimum atomic E-state index is 0.568. The first kappa shape index (κ1) is 13.1. The van der Waals surface area contributed by atoms with Crippen LogP contribution >= 0.6 is 0 Å². The maximum absolute atomic E-state index is 5.98. The van der Waals surface area contributed by atoms with Crippen molar-refractivity contribution in [3.8, 4) is 0 Å². The normalized spacial score (nSPS) is 28.5. The van der Waals surface area contributed by atoms with Gasteiger partial charge in [0.2, 0.25) is 0 Å². The lowest BCUT2D eigenvalue weighted by Gasteiger charge is -2.39. The third-order valence-corrected chi connectivity index (χ3v) is 4.86. The quantitative estimate of drug-likeness (QED) is 0.899. The van der Waals surface area contributed by atoms with Crippen molar-refractivity contribution in [3.05, 3.63) is 35.4 Å². The molecule has 0 radical (unpaired) electrons. The van der Waals surface area contributed by atoms with Crippen LogP contribution in [-0.4, -0.2) is 24.0 Å². The molecule has 1 saturated heterocycles. The van der Waals surface area contributed by atoms with E-state index in [2.05, 4.69) is 36.1 Å². The first-order chi connectivity index (χ1) is 9.28. The monoisotopic (exact) mass is 258 g/mol. The average Bonchev–Trinajstić information content (AvgIpc) is 3.24. The number of nitrogens with two attached hydrogens (primary N) is 1. The third kappa shape index (κ3) is 3.01. The summed E-state index contributed by atoms with van der Waals surface area (Å²) in [6, 6.07) is 9.79. The van der Waals surface area contributed by atoms with Crippen molar-refractivity contribution >= 4 is 0 Å². The van der Waals surface area contributed by atoms with Crippen LogP contribution in [0.1, 0.15) is 49.7 Å². The van der Waals surface area contributed by atoms with E-state index < -0.39 is 0 Å². The van der Waals surface area contributed by atoms with Gasteiger partial charge in [-0.2, -0.15) is 0 Å². The molecule has 1 heterocycles. The molecule has 1 saturated carbocycles. The summed E-state index contributed by atoms with van der Waals surface area (Å²) in [5.41, 5.74) is 9.00. The number of likely N-dealkylation sites (tertiary alicyclic amines) is 1. The molecule has 2 aliphatic rings. The van der Waals surface area contributed by atoms with Crippen molar-refractivity contribution in [2.75, 3.05) is 13.1 Å². The lowest BCUT2D eigenvalue weighted by molar-refractivity contribution is 0.0990. The Labute approximate surface area is 117 Å². The summed E-state index contributed by atoms with van der Waals surface area (Å²) in [5.74, 6) is 1.59. The molecule has 1 aliphatic heterocycles. The van der Waals surface area contributed by atoms with E-state index >= 15 is 0 Å². The van der Waals surface area contributed by atoms with E-state index in [0.717, 1.165) is 24.9 Å². The SMILES string of the molecule is CC1CCCN(Cc2cccc(C3CC3)c2)C1CN. The largest absolute Gasteiger partial charge is 0.329 e. The number of hydrogen-bond acceptors (Lipinski definition) is 2. The molecule has 0 aromatic heterocycles. The zero-order valence-electron chi connectivity index (χ0n) is 12.0. The fourth-order valence-corrected chi connectivity index (χ4v) is 3.51. The Morgan fingerprint density at radius 1 is 1.26 bits per heavy atom. The first-order valence-corrected chi connectivity index (χ1v) is 7.81. The van der Waals surface area contributed by atoms with Gasteiger partial charge >= 0.3 is 0 Å². The topological polar surface area (TPSA) is 29.3 Å². The Bertz CT molecular complexity index is 425. The summed E-state index contributed by atoms with van der Waals surface area (Å²) in [6.45, 7) is 5.43. The van der Waals surface area contributed by atoms with Crippen LogP contribution in [-0.2, 0) is 6.54 Å². The molecule has 2 nitrogen and oxygen atoms in total. The lowest BCUT2D eigenvalue weighted by Crippen LogP contribution is -2.48. The molecule has 0 amide bonds. The predicted molar refractivity (Wildman–Crippen MR) is 80.1 cm³/mol. The zero-order chi connectivity index (χ0) is 13.2. The van der Waals surface area contributed by atoms with Crippen LogP contribution in [0.25, 0.3) is 0 Å². The van der Waals surface area contributed by atoms with Crippen LogP contribution in [0.4, 0.5) is 0 Å². The molecule has 1 aromatic rings. The van der Waals surface area contributed by atoms with E-state index in [1.807, 2.05) is 0 Å². The Balaban J connectivity index is 1.70. The second-order valence-electron chi connectivity index (χ2n) is 6.41. The third-order valence-electron chi connectivity index (χ3n) is 4.86. The van der Waals surface area contributed by atoms with Gasteiger partial charge in [-0.05, 0) is 55.2 Å². The molecular formula is C17H26N2. The molecule has 2 fully saturated rings. The van der Waals surface area contributed by atoms with Gasteiger partial charge in [0.1, 0.15) is 0 Å². The van der Waals surface area contributed by atoms with Gasteiger partial charge in [-0.1, -0.05) is 31.2 Å². The fourth-order valence-electron chi connectivity index (χ4n) is 3.51. The second kappa shape index (κ2) is 5.64. The van der Waals surface area contributed by atoms with E-state index in [9.17, 15) is 0 Å². The number of benzene rings is 1. The van der Waals surface area contributed by atoms with Crippen molar-refractivity contribution in [1.29, 1.82) is 0 Å².